The van der Waals surface area contributed by atoms with Gasteiger partial charge in [0.15, 0.2) is 0 Å². The summed E-state index contributed by atoms with van der Waals surface area (Å²) in [5.74, 6) is -0.928. The molecule has 0 atom stereocenters. The quantitative estimate of drug-likeness (QED) is 0.644. The van der Waals surface area contributed by atoms with Gasteiger partial charge >= 0.3 is 5.97 Å². The summed E-state index contributed by atoms with van der Waals surface area (Å²) in [6.07, 6.45) is 3.64. The summed E-state index contributed by atoms with van der Waals surface area (Å²) < 4.78 is 5.45. The molecule has 0 spiro atoms. The largest absolute Gasteiger partial charge is 0.468 e. The Bertz CT molecular complexity index is 905. The van der Waals surface area contributed by atoms with Gasteiger partial charge in [0.2, 0.25) is 5.91 Å². The Morgan fingerprint density at radius 2 is 1.76 bits per heavy atom. The second-order valence-corrected chi connectivity index (χ2v) is 8.01. The summed E-state index contributed by atoms with van der Waals surface area (Å²) >= 11 is 3.50. The lowest BCUT2D eigenvalue weighted by atomic mass is 9.78. The molecule has 2 N–H and O–H groups in total. The highest BCUT2D eigenvalue weighted by Crippen LogP contribution is 2.42. The van der Waals surface area contributed by atoms with Crippen LogP contribution in [0.1, 0.15) is 41.6 Å². The van der Waals surface area contributed by atoms with Gasteiger partial charge in [-0.1, -0.05) is 40.9 Å². The van der Waals surface area contributed by atoms with Gasteiger partial charge in [-0.05, 0) is 54.8 Å². The first-order valence-corrected chi connectivity index (χ1v) is 10.3. The standard InChI is InChI=1S/C22H23BrN2O4/c1-29-19(26)14-24-20(27)15-7-9-18(10-8-15)25-21(28)22(11-2-3-12-22)16-5-4-6-17(23)13-16/h4-10,13H,2-3,11-12,14H2,1H3,(H,24,27)(H,25,28). The zero-order valence-electron chi connectivity index (χ0n) is 16.2. The SMILES string of the molecule is COC(=O)CNC(=O)c1ccc(NC(=O)C2(c3cccc(Br)c3)CCCC2)cc1. The highest BCUT2D eigenvalue weighted by atomic mass is 79.9. The van der Waals surface area contributed by atoms with Gasteiger partial charge in [-0.3, -0.25) is 14.4 Å². The molecule has 6 nitrogen and oxygen atoms in total. The minimum absolute atomic E-state index is 0.0315. The fourth-order valence-electron chi connectivity index (χ4n) is 3.69. The van der Waals surface area contributed by atoms with Crippen LogP contribution in [0, 0.1) is 0 Å². The second-order valence-electron chi connectivity index (χ2n) is 7.09. The Labute approximate surface area is 178 Å². The first-order valence-electron chi connectivity index (χ1n) is 9.47. The van der Waals surface area contributed by atoms with Gasteiger partial charge in [0.1, 0.15) is 6.54 Å². The lowest BCUT2D eigenvalue weighted by Crippen LogP contribution is -2.38. The van der Waals surface area contributed by atoms with Crippen LogP contribution in [0.25, 0.3) is 0 Å². The molecule has 0 bridgehead atoms. The van der Waals surface area contributed by atoms with E-state index in [4.69, 9.17) is 0 Å². The number of anilines is 1. The average molecular weight is 459 g/mol. The maximum atomic E-state index is 13.2. The number of halogens is 1. The van der Waals surface area contributed by atoms with Crippen LogP contribution >= 0.6 is 15.9 Å². The first kappa shape index (κ1) is 21.0. The number of benzene rings is 2. The fourth-order valence-corrected chi connectivity index (χ4v) is 4.09. The molecule has 1 aliphatic rings. The number of amides is 2. The number of carbonyl (C=O) groups is 3. The summed E-state index contributed by atoms with van der Waals surface area (Å²) in [7, 11) is 1.26. The minimum Gasteiger partial charge on any atom is -0.468 e. The maximum Gasteiger partial charge on any atom is 0.325 e. The Morgan fingerprint density at radius 3 is 2.38 bits per heavy atom. The van der Waals surface area contributed by atoms with Crippen molar-refractivity contribution in [2.45, 2.75) is 31.1 Å². The van der Waals surface area contributed by atoms with Crippen molar-refractivity contribution in [2.24, 2.45) is 0 Å². The van der Waals surface area contributed by atoms with Gasteiger partial charge in [-0.2, -0.15) is 0 Å². The predicted molar refractivity (Wildman–Crippen MR) is 114 cm³/mol. The summed E-state index contributed by atoms with van der Waals surface area (Å²) in [6, 6.07) is 14.5. The van der Waals surface area contributed by atoms with Crippen molar-refractivity contribution in [1.29, 1.82) is 0 Å². The molecule has 7 heteroatoms. The van der Waals surface area contributed by atoms with Gasteiger partial charge in [-0.15, -0.1) is 0 Å². The van der Waals surface area contributed by atoms with E-state index in [0.29, 0.717) is 11.3 Å². The fraction of sp³-hybridized carbons (Fsp3) is 0.318. The molecule has 2 aromatic carbocycles. The van der Waals surface area contributed by atoms with E-state index < -0.39 is 11.4 Å². The van der Waals surface area contributed by atoms with E-state index >= 15 is 0 Å². The zero-order valence-corrected chi connectivity index (χ0v) is 17.8. The van der Waals surface area contributed by atoms with E-state index in [9.17, 15) is 14.4 Å². The molecule has 3 rings (SSSR count). The lowest BCUT2D eigenvalue weighted by molar-refractivity contribution is -0.139. The van der Waals surface area contributed by atoms with E-state index in [0.717, 1.165) is 35.7 Å². The topological polar surface area (TPSA) is 84.5 Å². The third-order valence-corrected chi connectivity index (χ3v) is 5.79. The number of carbonyl (C=O) groups excluding carboxylic acids is 3. The number of hydrogen-bond donors (Lipinski definition) is 2. The Hall–Kier alpha value is -2.67. The molecular weight excluding hydrogens is 436 g/mol. The summed E-state index contributed by atoms with van der Waals surface area (Å²) in [6.45, 7) is -0.191. The molecule has 0 heterocycles. The number of methoxy groups -OCH3 is 1. The molecule has 0 radical (unpaired) electrons. The molecule has 0 aliphatic heterocycles. The van der Waals surface area contributed by atoms with Crippen molar-refractivity contribution < 1.29 is 19.1 Å². The van der Waals surface area contributed by atoms with Gasteiger partial charge < -0.3 is 15.4 Å². The van der Waals surface area contributed by atoms with Crippen LogP contribution < -0.4 is 10.6 Å². The molecule has 152 valence electrons. The molecular formula is C22H23BrN2O4. The third-order valence-electron chi connectivity index (χ3n) is 5.29. The molecule has 29 heavy (non-hydrogen) atoms. The van der Waals surface area contributed by atoms with E-state index in [2.05, 4.69) is 31.3 Å². The molecule has 1 aliphatic carbocycles. The number of ether oxygens (including phenoxy) is 1. The Morgan fingerprint density at radius 1 is 1.07 bits per heavy atom. The molecule has 0 unspecified atom stereocenters. The third kappa shape index (κ3) is 4.85. The minimum atomic E-state index is -0.541. The second kappa shape index (κ2) is 9.22. The number of hydrogen-bond acceptors (Lipinski definition) is 4. The average Bonchev–Trinajstić information content (AvgIpc) is 3.23. The maximum absolute atomic E-state index is 13.2. The van der Waals surface area contributed by atoms with Gasteiger partial charge in [0, 0.05) is 15.7 Å². The molecule has 0 saturated heterocycles. The van der Waals surface area contributed by atoms with Crippen molar-refractivity contribution in [3.63, 3.8) is 0 Å². The molecule has 0 aromatic heterocycles. The number of nitrogens with one attached hydrogen (secondary N) is 2. The van der Waals surface area contributed by atoms with Crippen LogP contribution in [-0.2, 0) is 19.7 Å². The van der Waals surface area contributed by atoms with Crippen molar-refractivity contribution >= 4 is 39.4 Å². The zero-order chi connectivity index (χ0) is 20.9. The summed E-state index contributed by atoms with van der Waals surface area (Å²) in [4.78, 5) is 36.4. The van der Waals surface area contributed by atoms with Gasteiger partial charge in [0.25, 0.3) is 5.91 Å². The predicted octanol–water partition coefficient (Wildman–Crippen LogP) is 3.80. The highest BCUT2D eigenvalue weighted by Gasteiger charge is 2.42. The molecule has 1 saturated carbocycles. The van der Waals surface area contributed by atoms with Crippen molar-refractivity contribution in [2.75, 3.05) is 19.0 Å². The van der Waals surface area contributed by atoms with Crippen LogP contribution in [0.5, 0.6) is 0 Å². The smallest absolute Gasteiger partial charge is 0.325 e. The Kier molecular flexibility index (Phi) is 6.69. The van der Waals surface area contributed by atoms with Crippen LogP contribution in [-0.4, -0.2) is 31.4 Å². The van der Waals surface area contributed by atoms with Crippen molar-refractivity contribution in [3.8, 4) is 0 Å². The Balaban J connectivity index is 1.71. The summed E-state index contributed by atoms with van der Waals surface area (Å²) in [5.41, 5.74) is 1.50. The first-order chi connectivity index (χ1) is 13.9. The lowest BCUT2D eigenvalue weighted by Gasteiger charge is -2.28. The molecule has 1 fully saturated rings. The monoisotopic (exact) mass is 458 g/mol. The highest BCUT2D eigenvalue weighted by molar-refractivity contribution is 9.10. The number of rotatable bonds is 6. The van der Waals surface area contributed by atoms with E-state index in [1.54, 1.807) is 24.3 Å². The van der Waals surface area contributed by atoms with Crippen molar-refractivity contribution in [1.82, 2.24) is 5.32 Å². The van der Waals surface area contributed by atoms with Crippen LogP contribution in [0.15, 0.2) is 53.0 Å². The summed E-state index contributed by atoms with van der Waals surface area (Å²) in [5, 5.41) is 5.49. The van der Waals surface area contributed by atoms with E-state index in [-0.39, 0.29) is 18.4 Å². The van der Waals surface area contributed by atoms with E-state index in [1.165, 1.54) is 7.11 Å². The van der Waals surface area contributed by atoms with Crippen LogP contribution in [0.3, 0.4) is 0 Å². The van der Waals surface area contributed by atoms with Gasteiger partial charge in [-0.25, -0.2) is 0 Å². The van der Waals surface area contributed by atoms with E-state index in [1.807, 2.05) is 24.3 Å². The van der Waals surface area contributed by atoms with Gasteiger partial charge in [0.05, 0.1) is 12.5 Å². The molecule has 2 aromatic rings. The molecule has 2 amide bonds. The van der Waals surface area contributed by atoms with Crippen LogP contribution in [0.2, 0.25) is 0 Å². The normalized spacial score (nSPS) is 14.8. The van der Waals surface area contributed by atoms with Crippen LogP contribution in [0.4, 0.5) is 5.69 Å². The number of esters is 1. The van der Waals surface area contributed by atoms with Crippen molar-refractivity contribution in [3.05, 3.63) is 64.1 Å².